The molecule has 0 radical (unpaired) electrons. The highest BCUT2D eigenvalue weighted by Crippen LogP contribution is 2.42. The number of aliphatic hydroxyl groups excluding tert-OH is 3. The molecule has 5 nitrogen and oxygen atoms in total. The highest BCUT2D eigenvalue weighted by molar-refractivity contribution is 5.85. The van der Waals surface area contributed by atoms with E-state index in [4.69, 9.17) is 0 Å². The Morgan fingerprint density at radius 1 is 1.33 bits per heavy atom. The molecule has 1 heterocycles. The fourth-order valence-electron chi connectivity index (χ4n) is 4.50. The first-order valence-electron chi connectivity index (χ1n) is 11.1. The van der Waals surface area contributed by atoms with Crippen molar-refractivity contribution in [1.82, 2.24) is 0 Å². The summed E-state index contributed by atoms with van der Waals surface area (Å²) in [6.45, 7) is 9.10. The molecule has 3 N–H and O–H groups in total. The van der Waals surface area contributed by atoms with E-state index < -0.39 is 18.4 Å². The lowest BCUT2D eigenvalue weighted by Gasteiger charge is -2.35. The van der Waals surface area contributed by atoms with Crippen molar-refractivity contribution < 1.29 is 24.9 Å². The molecule has 0 aromatic heterocycles. The quantitative estimate of drug-likeness (QED) is 0.359. The van der Waals surface area contributed by atoms with Crippen LogP contribution in [0.25, 0.3) is 0 Å². The molecule has 0 aromatic carbocycles. The van der Waals surface area contributed by atoms with Gasteiger partial charge in [-0.3, -0.25) is 0 Å². The molecule has 0 bridgehead atoms. The minimum absolute atomic E-state index is 0.0725. The molecule has 0 spiro atoms. The van der Waals surface area contributed by atoms with Crippen LogP contribution >= 0.6 is 0 Å². The smallest absolute Gasteiger partial charge is 0.333 e. The maximum atomic E-state index is 11.1. The number of aliphatic hydroxyl groups is 3. The lowest BCUT2D eigenvalue weighted by atomic mass is 9.71. The maximum Gasteiger partial charge on any atom is 0.333 e. The third-order valence-corrected chi connectivity index (χ3v) is 6.43. The molecule has 1 aliphatic heterocycles. The van der Waals surface area contributed by atoms with Gasteiger partial charge in [0.1, 0.15) is 0 Å². The van der Waals surface area contributed by atoms with Crippen LogP contribution in [0, 0.1) is 5.41 Å². The number of hydrogen-bond donors (Lipinski definition) is 3. The fourth-order valence-corrected chi connectivity index (χ4v) is 4.50. The van der Waals surface area contributed by atoms with E-state index in [1.54, 1.807) is 17.2 Å². The summed E-state index contributed by atoms with van der Waals surface area (Å²) in [5.41, 5.74) is 5.87. The molecule has 30 heavy (non-hydrogen) atoms. The van der Waals surface area contributed by atoms with E-state index in [-0.39, 0.29) is 18.6 Å². The Labute approximate surface area is 180 Å². The van der Waals surface area contributed by atoms with Crippen molar-refractivity contribution in [3.8, 4) is 0 Å². The van der Waals surface area contributed by atoms with Gasteiger partial charge in [-0.15, -0.1) is 0 Å². The summed E-state index contributed by atoms with van der Waals surface area (Å²) in [5.74, 6) is -0.647. The molecule has 2 atom stereocenters. The highest BCUT2D eigenvalue weighted by atomic mass is 16.6. The van der Waals surface area contributed by atoms with Gasteiger partial charge in [-0.2, -0.15) is 0 Å². The topological polar surface area (TPSA) is 87.0 Å². The van der Waals surface area contributed by atoms with Crippen LogP contribution in [-0.4, -0.2) is 40.3 Å². The molecule has 0 amide bonds. The Hall–Kier alpha value is -1.69. The van der Waals surface area contributed by atoms with E-state index in [9.17, 15) is 20.1 Å². The summed E-state index contributed by atoms with van der Waals surface area (Å²) in [6.07, 6.45) is 10.5. The number of carbonyl (C=O) groups is 1. The van der Waals surface area contributed by atoms with Crippen molar-refractivity contribution in [1.29, 1.82) is 0 Å². The first kappa shape index (κ1) is 24.6. The molecular weight excluding hydrogens is 380 g/mol. The lowest BCUT2D eigenvalue weighted by Crippen LogP contribution is -2.20. The van der Waals surface area contributed by atoms with Crippen LogP contribution in [0.4, 0.5) is 0 Å². The number of esters is 1. The normalized spacial score (nSPS) is 23.5. The summed E-state index contributed by atoms with van der Waals surface area (Å²) < 4.78 is 4.59. The summed E-state index contributed by atoms with van der Waals surface area (Å²) in [4.78, 5) is 11.1. The minimum atomic E-state index is -1.38. The zero-order chi connectivity index (χ0) is 22.3. The number of carbonyl (C=O) groups excluding carboxylic acids is 1. The maximum absolute atomic E-state index is 11.1. The lowest BCUT2D eigenvalue weighted by molar-refractivity contribution is -0.151. The predicted octanol–water partition coefficient (Wildman–Crippen LogP) is 4.49. The molecule has 2 unspecified atom stereocenters. The van der Waals surface area contributed by atoms with Gasteiger partial charge in [-0.1, -0.05) is 42.7 Å². The Balaban J connectivity index is 1.82. The minimum Gasteiger partial charge on any atom is -0.429 e. The van der Waals surface area contributed by atoms with Gasteiger partial charge in [0.2, 0.25) is 6.29 Å². The van der Waals surface area contributed by atoms with Gasteiger partial charge in [0.05, 0.1) is 12.7 Å². The number of cyclic esters (lactones) is 1. The molecule has 1 aliphatic carbocycles. The fraction of sp³-hybridized carbons (Fsp3) is 0.640. The molecule has 0 fully saturated rings. The summed E-state index contributed by atoms with van der Waals surface area (Å²) in [7, 11) is 0. The van der Waals surface area contributed by atoms with E-state index in [0.29, 0.717) is 11.8 Å². The van der Waals surface area contributed by atoms with Crippen molar-refractivity contribution in [3.05, 3.63) is 46.1 Å². The SMILES string of the molecule is CC(=CCCC(=CCC(O)C1=CC(=O)OC1O)CO)CCC1=C(C)CCCC1(C)C. The molecule has 0 saturated heterocycles. The number of ether oxygens (including phenoxy) is 1. The Morgan fingerprint density at radius 2 is 2.07 bits per heavy atom. The zero-order valence-electron chi connectivity index (χ0n) is 18.9. The van der Waals surface area contributed by atoms with Gasteiger partial charge in [0.25, 0.3) is 0 Å². The Morgan fingerprint density at radius 3 is 2.67 bits per heavy atom. The van der Waals surface area contributed by atoms with Crippen LogP contribution in [0.2, 0.25) is 0 Å². The molecule has 0 aromatic rings. The van der Waals surface area contributed by atoms with Gasteiger partial charge in [0.15, 0.2) is 0 Å². The second kappa shape index (κ2) is 11.1. The van der Waals surface area contributed by atoms with Crippen LogP contribution < -0.4 is 0 Å². The first-order valence-corrected chi connectivity index (χ1v) is 11.1. The summed E-state index contributed by atoms with van der Waals surface area (Å²) >= 11 is 0. The monoisotopic (exact) mass is 418 g/mol. The third kappa shape index (κ3) is 6.93. The first-order chi connectivity index (χ1) is 14.1. The highest BCUT2D eigenvalue weighted by Gasteiger charge is 2.29. The second-order valence-corrected chi connectivity index (χ2v) is 9.29. The number of hydrogen-bond acceptors (Lipinski definition) is 5. The van der Waals surface area contributed by atoms with E-state index in [0.717, 1.165) is 30.9 Å². The molecule has 0 saturated carbocycles. The van der Waals surface area contributed by atoms with E-state index in [1.807, 2.05) is 0 Å². The average Bonchev–Trinajstić information content (AvgIpc) is 3.01. The standard InChI is InChI=1S/C25H38O5/c1-17(10-12-21-18(2)8-6-14-25(21,3)4)7-5-9-19(16-26)11-13-22(27)20-15-23(28)30-24(20)29/h7,11,15,22,24,26-27,29H,5-6,8-10,12-14,16H2,1-4H3. The Kier molecular flexibility index (Phi) is 9.08. The van der Waals surface area contributed by atoms with E-state index >= 15 is 0 Å². The largest absolute Gasteiger partial charge is 0.429 e. The van der Waals surface area contributed by atoms with Crippen LogP contribution in [0.1, 0.15) is 79.1 Å². The van der Waals surface area contributed by atoms with E-state index in [1.165, 1.54) is 24.8 Å². The van der Waals surface area contributed by atoms with Crippen molar-refractivity contribution in [2.45, 2.75) is 91.5 Å². The van der Waals surface area contributed by atoms with Gasteiger partial charge in [-0.05, 0) is 76.2 Å². The van der Waals surface area contributed by atoms with Gasteiger partial charge < -0.3 is 20.1 Å². The van der Waals surface area contributed by atoms with Crippen molar-refractivity contribution >= 4 is 5.97 Å². The molecule has 2 aliphatic rings. The zero-order valence-corrected chi connectivity index (χ0v) is 18.9. The number of rotatable bonds is 10. The number of allylic oxidation sites excluding steroid dienone is 4. The third-order valence-electron chi connectivity index (χ3n) is 6.43. The summed E-state index contributed by atoms with van der Waals surface area (Å²) in [6, 6.07) is 0. The van der Waals surface area contributed by atoms with Crippen LogP contribution in [0.5, 0.6) is 0 Å². The van der Waals surface area contributed by atoms with Gasteiger partial charge in [0, 0.05) is 11.6 Å². The molecule has 5 heteroatoms. The van der Waals surface area contributed by atoms with Crippen LogP contribution in [-0.2, 0) is 9.53 Å². The molecule has 2 rings (SSSR count). The van der Waals surface area contributed by atoms with Crippen LogP contribution in [0.15, 0.2) is 46.1 Å². The molecule has 168 valence electrons. The molecular formula is C25H38O5. The predicted molar refractivity (Wildman–Crippen MR) is 119 cm³/mol. The van der Waals surface area contributed by atoms with Crippen molar-refractivity contribution in [3.63, 3.8) is 0 Å². The van der Waals surface area contributed by atoms with Gasteiger partial charge in [-0.25, -0.2) is 4.79 Å². The van der Waals surface area contributed by atoms with Crippen LogP contribution in [0.3, 0.4) is 0 Å². The second-order valence-electron chi connectivity index (χ2n) is 9.29. The Bertz CT molecular complexity index is 739. The van der Waals surface area contributed by atoms with Crippen molar-refractivity contribution in [2.24, 2.45) is 5.41 Å². The van der Waals surface area contributed by atoms with Gasteiger partial charge >= 0.3 is 5.97 Å². The average molecular weight is 419 g/mol. The van der Waals surface area contributed by atoms with E-state index in [2.05, 4.69) is 38.5 Å². The van der Waals surface area contributed by atoms with Crippen molar-refractivity contribution in [2.75, 3.05) is 6.61 Å². The summed E-state index contributed by atoms with van der Waals surface area (Å²) in [5, 5.41) is 29.3.